The molecule has 0 aliphatic heterocycles. The summed E-state index contributed by atoms with van der Waals surface area (Å²) < 4.78 is 11.2. The highest BCUT2D eigenvalue weighted by Gasteiger charge is 2.44. The molecule has 1 aliphatic rings. The van der Waals surface area contributed by atoms with E-state index in [1.807, 2.05) is 30.3 Å². The summed E-state index contributed by atoms with van der Waals surface area (Å²) in [7, 11) is 3.22. The molecule has 3 rings (SSSR count). The van der Waals surface area contributed by atoms with Crippen molar-refractivity contribution < 1.29 is 19.4 Å². The number of fused-ring (bicyclic) bond motifs is 1. The van der Waals surface area contributed by atoms with Crippen LogP contribution >= 0.6 is 0 Å². The minimum Gasteiger partial charge on any atom is -0.496 e. The molecule has 1 fully saturated rings. The van der Waals surface area contributed by atoms with Crippen molar-refractivity contribution in [2.75, 3.05) is 14.2 Å². The summed E-state index contributed by atoms with van der Waals surface area (Å²) in [4.78, 5) is 12.2. The molecule has 0 radical (unpaired) electrons. The fourth-order valence-corrected chi connectivity index (χ4v) is 3.81. The van der Waals surface area contributed by atoms with Gasteiger partial charge in [0, 0.05) is 16.3 Å². The fourth-order valence-electron chi connectivity index (χ4n) is 3.81. The zero-order valence-electron chi connectivity index (χ0n) is 13.6. The maximum absolute atomic E-state index is 12.2. The summed E-state index contributed by atoms with van der Waals surface area (Å²) in [6, 6.07) is 9.66. The smallest absolute Gasteiger partial charge is 0.314 e. The monoisotopic (exact) mass is 314 g/mol. The van der Waals surface area contributed by atoms with Gasteiger partial charge in [0.2, 0.25) is 0 Å². The van der Waals surface area contributed by atoms with Gasteiger partial charge in [0.15, 0.2) is 0 Å². The lowest BCUT2D eigenvalue weighted by molar-refractivity contribution is -0.145. The molecule has 1 aliphatic carbocycles. The van der Waals surface area contributed by atoms with E-state index in [0.29, 0.717) is 24.3 Å². The molecule has 23 heavy (non-hydrogen) atoms. The Balaban J connectivity index is 2.33. The van der Waals surface area contributed by atoms with Crippen LogP contribution in [-0.4, -0.2) is 25.3 Å². The summed E-state index contributed by atoms with van der Waals surface area (Å²) in [6.07, 6.45) is 4.21. The van der Waals surface area contributed by atoms with E-state index in [0.717, 1.165) is 35.6 Å². The maximum Gasteiger partial charge on any atom is 0.314 e. The van der Waals surface area contributed by atoms with E-state index in [1.54, 1.807) is 14.2 Å². The molecule has 4 heteroatoms. The Morgan fingerprint density at radius 3 is 2.26 bits per heavy atom. The Morgan fingerprint density at radius 2 is 1.70 bits per heavy atom. The molecular formula is C19H22O4. The molecular weight excluding hydrogens is 292 g/mol. The van der Waals surface area contributed by atoms with Crippen molar-refractivity contribution in [3.8, 4) is 11.5 Å². The van der Waals surface area contributed by atoms with Crippen LogP contribution in [0.1, 0.15) is 37.7 Å². The van der Waals surface area contributed by atoms with Crippen molar-refractivity contribution in [3.05, 3.63) is 35.9 Å². The molecule has 122 valence electrons. The Labute approximate surface area is 136 Å². The van der Waals surface area contributed by atoms with Crippen LogP contribution in [-0.2, 0) is 10.2 Å². The van der Waals surface area contributed by atoms with Crippen molar-refractivity contribution in [1.82, 2.24) is 0 Å². The minimum absolute atomic E-state index is 0.639. The zero-order valence-corrected chi connectivity index (χ0v) is 13.6. The van der Waals surface area contributed by atoms with Gasteiger partial charge in [-0.2, -0.15) is 0 Å². The normalized spacial score (nSPS) is 17.0. The van der Waals surface area contributed by atoms with Crippen LogP contribution < -0.4 is 9.47 Å². The van der Waals surface area contributed by atoms with Crippen molar-refractivity contribution in [1.29, 1.82) is 0 Å². The Bertz CT molecular complexity index is 729. The third-order valence-electron chi connectivity index (χ3n) is 5.01. The first-order chi connectivity index (χ1) is 11.1. The van der Waals surface area contributed by atoms with E-state index in [9.17, 15) is 9.90 Å². The fraction of sp³-hybridized carbons (Fsp3) is 0.421. The lowest BCUT2D eigenvalue weighted by Crippen LogP contribution is -2.38. The Morgan fingerprint density at radius 1 is 1.04 bits per heavy atom. The highest BCUT2D eigenvalue weighted by Crippen LogP contribution is 2.48. The van der Waals surface area contributed by atoms with Crippen LogP contribution in [0.3, 0.4) is 0 Å². The molecule has 0 bridgehead atoms. The zero-order chi connectivity index (χ0) is 16.4. The molecule has 0 aromatic heterocycles. The number of hydrogen-bond donors (Lipinski definition) is 1. The molecule has 0 atom stereocenters. The number of rotatable bonds is 4. The van der Waals surface area contributed by atoms with Crippen molar-refractivity contribution in [3.63, 3.8) is 0 Å². The third kappa shape index (κ3) is 2.42. The number of benzene rings is 2. The van der Waals surface area contributed by atoms with E-state index < -0.39 is 11.4 Å². The summed E-state index contributed by atoms with van der Waals surface area (Å²) in [5, 5.41) is 11.8. The number of carboxylic acid groups (broad SMARTS) is 1. The number of ether oxygens (including phenoxy) is 2. The SMILES string of the molecule is COc1cc(C2(C(=O)O)CCCCC2)c(OC)c2ccccc12. The number of methoxy groups -OCH3 is 2. The molecule has 0 amide bonds. The summed E-state index contributed by atoms with van der Waals surface area (Å²) in [5.41, 5.74) is -0.149. The van der Waals surface area contributed by atoms with Gasteiger partial charge in [-0.3, -0.25) is 4.79 Å². The van der Waals surface area contributed by atoms with Gasteiger partial charge in [-0.05, 0) is 18.9 Å². The standard InChI is InChI=1S/C19H22O4/c1-22-16-12-15(19(18(20)21)10-6-3-7-11-19)17(23-2)14-9-5-4-8-13(14)16/h4-5,8-9,12H,3,6-7,10-11H2,1-2H3,(H,20,21). The largest absolute Gasteiger partial charge is 0.496 e. The second-order valence-electron chi connectivity index (χ2n) is 6.15. The van der Waals surface area contributed by atoms with Crippen LogP contribution in [0.15, 0.2) is 30.3 Å². The van der Waals surface area contributed by atoms with Gasteiger partial charge in [-0.15, -0.1) is 0 Å². The molecule has 0 saturated heterocycles. The number of aliphatic carboxylic acids is 1. The molecule has 0 spiro atoms. The van der Waals surface area contributed by atoms with E-state index >= 15 is 0 Å². The van der Waals surface area contributed by atoms with Crippen molar-refractivity contribution in [2.24, 2.45) is 0 Å². The van der Waals surface area contributed by atoms with Crippen LogP contribution in [0.25, 0.3) is 10.8 Å². The van der Waals surface area contributed by atoms with Gasteiger partial charge in [0.1, 0.15) is 11.5 Å². The van der Waals surface area contributed by atoms with Gasteiger partial charge < -0.3 is 14.6 Å². The number of carboxylic acids is 1. The maximum atomic E-state index is 12.2. The second-order valence-corrected chi connectivity index (χ2v) is 6.15. The van der Waals surface area contributed by atoms with Crippen LogP contribution in [0, 0.1) is 0 Å². The molecule has 0 unspecified atom stereocenters. The molecule has 1 N–H and O–H groups in total. The first-order valence-corrected chi connectivity index (χ1v) is 8.01. The first kappa shape index (κ1) is 15.7. The molecule has 2 aromatic carbocycles. The molecule has 1 saturated carbocycles. The molecule has 2 aromatic rings. The second kappa shape index (κ2) is 6.11. The lowest BCUT2D eigenvalue weighted by atomic mass is 9.68. The number of carbonyl (C=O) groups is 1. The molecule has 4 nitrogen and oxygen atoms in total. The highest BCUT2D eigenvalue weighted by atomic mass is 16.5. The van der Waals surface area contributed by atoms with Gasteiger partial charge >= 0.3 is 5.97 Å². The van der Waals surface area contributed by atoms with Crippen LogP contribution in [0.5, 0.6) is 11.5 Å². The van der Waals surface area contributed by atoms with Crippen molar-refractivity contribution in [2.45, 2.75) is 37.5 Å². The topological polar surface area (TPSA) is 55.8 Å². The summed E-state index contributed by atoms with van der Waals surface area (Å²) in [5.74, 6) is 0.584. The lowest BCUT2D eigenvalue weighted by Gasteiger charge is -2.35. The first-order valence-electron chi connectivity index (χ1n) is 8.01. The quantitative estimate of drug-likeness (QED) is 0.921. The molecule has 0 heterocycles. The third-order valence-corrected chi connectivity index (χ3v) is 5.01. The van der Waals surface area contributed by atoms with Crippen LogP contribution in [0.4, 0.5) is 0 Å². The van der Waals surface area contributed by atoms with Gasteiger partial charge in [-0.1, -0.05) is 43.5 Å². The van der Waals surface area contributed by atoms with Crippen LogP contribution in [0.2, 0.25) is 0 Å². The van der Waals surface area contributed by atoms with E-state index in [-0.39, 0.29) is 0 Å². The average Bonchev–Trinajstić information content (AvgIpc) is 2.60. The van der Waals surface area contributed by atoms with Gasteiger partial charge in [0.05, 0.1) is 19.6 Å². The van der Waals surface area contributed by atoms with Gasteiger partial charge in [0.25, 0.3) is 0 Å². The Hall–Kier alpha value is -2.23. The average molecular weight is 314 g/mol. The van der Waals surface area contributed by atoms with E-state index in [2.05, 4.69) is 0 Å². The summed E-state index contributed by atoms with van der Waals surface area (Å²) >= 11 is 0. The number of hydrogen-bond acceptors (Lipinski definition) is 3. The predicted molar refractivity (Wildman–Crippen MR) is 89.5 cm³/mol. The van der Waals surface area contributed by atoms with E-state index in [1.165, 1.54) is 0 Å². The predicted octanol–water partition coefficient (Wildman–Crippen LogP) is 4.14. The van der Waals surface area contributed by atoms with Crippen molar-refractivity contribution >= 4 is 16.7 Å². The summed E-state index contributed by atoms with van der Waals surface area (Å²) in [6.45, 7) is 0. The minimum atomic E-state index is -0.888. The van der Waals surface area contributed by atoms with Gasteiger partial charge in [-0.25, -0.2) is 0 Å². The Kier molecular flexibility index (Phi) is 4.16. The van der Waals surface area contributed by atoms with E-state index in [4.69, 9.17) is 9.47 Å². The highest BCUT2D eigenvalue weighted by molar-refractivity contribution is 5.97.